The molecule has 1 heterocycles. The number of halogens is 3. The molecule has 0 aliphatic carbocycles. The zero-order valence-electron chi connectivity index (χ0n) is 14.6. The molecule has 8 heteroatoms. The lowest BCUT2D eigenvalue weighted by Crippen LogP contribution is -2.01. The summed E-state index contributed by atoms with van der Waals surface area (Å²) in [6.45, 7) is 2.09. The highest BCUT2D eigenvalue weighted by atomic mass is 35.5. The maximum absolute atomic E-state index is 6.23. The Morgan fingerprint density at radius 1 is 1.04 bits per heavy atom. The predicted octanol–water partition coefficient (Wildman–Crippen LogP) is 6.37. The smallest absolute Gasteiger partial charge is 0.191 e. The molecule has 0 radical (unpaired) electrons. The average molecular weight is 440 g/mol. The molecule has 0 saturated heterocycles. The van der Waals surface area contributed by atoms with Gasteiger partial charge in [0.05, 0.1) is 16.3 Å². The van der Waals surface area contributed by atoms with Gasteiger partial charge in [-0.2, -0.15) is 9.78 Å². The molecule has 1 aromatic heterocycles. The van der Waals surface area contributed by atoms with E-state index in [4.69, 9.17) is 34.8 Å². The van der Waals surface area contributed by atoms with E-state index in [1.54, 1.807) is 40.9 Å². The lowest BCUT2D eigenvalue weighted by Gasteiger charge is -2.05. The van der Waals surface area contributed by atoms with Gasteiger partial charge in [0.25, 0.3) is 0 Å². The van der Waals surface area contributed by atoms with Crippen LogP contribution in [-0.4, -0.2) is 21.1 Å². The van der Waals surface area contributed by atoms with Gasteiger partial charge >= 0.3 is 0 Å². The first kappa shape index (κ1) is 20.2. The maximum atomic E-state index is 6.23. The predicted molar refractivity (Wildman–Crippen MR) is 114 cm³/mol. The van der Waals surface area contributed by atoms with E-state index in [1.807, 2.05) is 24.3 Å². The van der Waals surface area contributed by atoms with Gasteiger partial charge in [0.2, 0.25) is 5.16 Å². The molecule has 0 N–H and O–H groups in total. The molecule has 0 bridgehead atoms. The first-order valence-electron chi connectivity index (χ1n) is 8.38. The van der Waals surface area contributed by atoms with Crippen LogP contribution in [0.5, 0.6) is 0 Å². The van der Waals surface area contributed by atoms with Crippen LogP contribution >= 0.6 is 46.6 Å². The summed E-state index contributed by atoms with van der Waals surface area (Å²) < 4.78 is 1.75. The van der Waals surface area contributed by atoms with Gasteiger partial charge in [-0.15, -0.1) is 10.2 Å². The van der Waals surface area contributed by atoms with Crippen LogP contribution in [-0.2, 0) is 12.2 Å². The summed E-state index contributed by atoms with van der Waals surface area (Å²) in [6, 6.07) is 13.1. The zero-order chi connectivity index (χ0) is 19.2. The maximum Gasteiger partial charge on any atom is 0.212 e. The minimum absolute atomic E-state index is 0.548. The van der Waals surface area contributed by atoms with Gasteiger partial charge in [-0.05, 0) is 36.2 Å². The van der Waals surface area contributed by atoms with Crippen molar-refractivity contribution in [3.63, 3.8) is 0 Å². The third-order valence-corrected chi connectivity index (χ3v) is 5.64. The standard InChI is InChI=1S/C19H17Cl3N4S/c1-2-4-18-24-25-19(27-12-13-7-9-14(20)10-8-13)26(18)23-11-15-16(21)5-3-6-17(15)22/h3,5-11H,2,4,12H2,1H3. The van der Waals surface area contributed by atoms with Crippen molar-refractivity contribution in [1.82, 2.24) is 14.9 Å². The average Bonchev–Trinajstić information content (AvgIpc) is 3.03. The van der Waals surface area contributed by atoms with E-state index in [9.17, 15) is 0 Å². The van der Waals surface area contributed by atoms with Gasteiger partial charge in [0.15, 0.2) is 5.82 Å². The van der Waals surface area contributed by atoms with Crippen LogP contribution in [0.4, 0.5) is 0 Å². The molecular formula is C19H17Cl3N4S. The third kappa shape index (κ3) is 5.26. The molecule has 0 fully saturated rings. The Hall–Kier alpha value is -1.53. The number of aryl methyl sites for hydroxylation is 1. The van der Waals surface area contributed by atoms with Crippen LogP contribution in [0.15, 0.2) is 52.7 Å². The summed E-state index contributed by atoms with van der Waals surface area (Å²) in [5, 5.41) is 15.7. The van der Waals surface area contributed by atoms with Crippen LogP contribution in [0.25, 0.3) is 0 Å². The molecule has 0 spiro atoms. The van der Waals surface area contributed by atoms with Crippen molar-refractivity contribution in [2.45, 2.75) is 30.7 Å². The van der Waals surface area contributed by atoms with E-state index >= 15 is 0 Å². The van der Waals surface area contributed by atoms with Crippen molar-refractivity contribution in [2.75, 3.05) is 0 Å². The molecule has 0 atom stereocenters. The number of aromatic nitrogens is 3. The van der Waals surface area contributed by atoms with Crippen LogP contribution < -0.4 is 0 Å². The normalized spacial score (nSPS) is 11.4. The van der Waals surface area contributed by atoms with Gasteiger partial charge < -0.3 is 0 Å². The fourth-order valence-corrected chi connectivity index (χ4v) is 3.84. The molecule has 0 saturated carbocycles. The van der Waals surface area contributed by atoms with Crippen LogP contribution in [0.2, 0.25) is 15.1 Å². The number of benzene rings is 2. The molecule has 0 aliphatic rings. The van der Waals surface area contributed by atoms with E-state index in [1.165, 1.54) is 0 Å². The summed E-state index contributed by atoms with van der Waals surface area (Å²) in [6.07, 6.45) is 3.38. The highest BCUT2D eigenvalue weighted by Gasteiger charge is 2.12. The number of thioether (sulfide) groups is 1. The number of rotatable bonds is 7. The van der Waals surface area contributed by atoms with Gasteiger partial charge in [-0.3, -0.25) is 0 Å². The quantitative estimate of drug-likeness (QED) is 0.317. The van der Waals surface area contributed by atoms with Crippen molar-refractivity contribution < 1.29 is 0 Å². The van der Waals surface area contributed by atoms with Crippen molar-refractivity contribution in [3.8, 4) is 0 Å². The van der Waals surface area contributed by atoms with E-state index in [-0.39, 0.29) is 0 Å². The Morgan fingerprint density at radius 3 is 2.41 bits per heavy atom. The Balaban J connectivity index is 1.85. The minimum Gasteiger partial charge on any atom is -0.191 e. The molecule has 4 nitrogen and oxygen atoms in total. The monoisotopic (exact) mass is 438 g/mol. The zero-order valence-corrected chi connectivity index (χ0v) is 17.7. The molecule has 3 rings (SSSR count). The largest absolute Gasteiger partial charge is 0.212 e. The molecule has 0 aliphatic heterocycles. The van der Waals surface area contributed by atoms with Crippen LogP contribution in [0.1, 0.15) is 30.3 Å². The number of hydrogen-bond donors (Lipinski definition) is 0. The SMILES string of the molecule is CCCc1nnc(SCc2ccc(Cl)cc2)n1N=Cc1c(Cl)cccc1Cl. The second kappa shape index (κ2) is 9.60. The third-order valence-electron chi connectivity index (χ3n) is 3.73. The summed E-state index contributed by atoms with van der Waals surface area (Å²) in [4.78, 5) is 0. The first-order chi connectivity index (χ1) is 13.1. The van der Waals surface area contributed by atoms with Crippen molar-refractivity contribution in [2.24, 2.45) is 5.10 Å². The Kier molecular flexibility index (Phi) is 7.19. The number of hydrogen-bond acceptors (Lipinski definition) is 4. The van der Waals surface area contributed by atoms with E-state index in [0.29, 0.717) is 20.8 Å². The second-order valence-corrected chi connectivity index (χ2v) is 7.95. The highest BCUT2D eigenvalue weighted by Crippen LogP contribution is 2.25. The lowest BCUT2D eigenvalue weighted by atomic mass is 10.2. The van der Waals surface area contributed by atoms with Gasteiger partial charge in [-0.1, -0.05) is 71.7 Å². The topological polar surface area (TPSA) is 43.1 Å². The molecule has 2 aromatic carbocycles. The Morgan fingerprint density at radius 2 is 1.74 bits per heavy atom. The molecule has 0 amide bonds. The molecule has 0 unspecified atom stereocenters. The summed E-state index contributed by atoms with van der Waals surface area (Å²) in [7, 11) is 0. The lowest BCUT2D eigenvalue weighted by molar-refractivity contribution is 0.700. The fourth-order valence-electron chi connectivity index (χ4n) is 2.36. The van der Waals surface area contributed by atoms with E-state index < -0.39 is 0 Å². The minimum atomic E-state index is 0.548. The summed E-state index contributed by atoms with van der Waals surface area (Å²) >= 11 is 20.0. The van der Waals surface area contributed by atoms with E-state index in [0.717, 1.165) is 35.0 Å². The fraction of sp³-hybridized carbons (Fsp3) is 0.211. The van der Waals surface area contributed by atoms with Gasteiger partial charge in [0.1, 0.15) is 0 Å². The van der Waals surface area contributed by atoms with Gasteiger partial charge in [0, 0.05) is 22.8 Å². The molecule has 3 aromatic rings. The Bertz CT molecular complexity index is 918. The molecule has 140 valence electrons. The van der Waals surface area contributed by atoms with E-state index in [2.05, 4.69) is 22.2 Å². The van der Waals surface area contributed by atoms with Crippen LogP contribution in [0.3, 0.4) is 0 Å². The molecule has 27 heavy (non-hydrogen) atoms. The highest BCUT2D eigenvalue weighted by molar-refractivity contribution is 7.98. The molecular weight excluding hydrogens is 423 g/mol. The van der Waals surface area contributed by atoms with Gasteiger partial charge in [-0.25, -0.2) is 0 Å². The van der Waals surface area contributed by atoms with Crippen molar-refractivity contribution in [1.29, 1.82) is 0 Å². The second-order valence-electron chi connectivity index (χ2n) is 5.76. The summed E-state index contributed by atoms with van der Waals surface area (Å²) in [5.74, 6) is 1.54. The Labute approximate surface area is 177 Å². The summed E-state index contributed by atoms with van der Waals surface area (Å²) in [5.41, 5.74) is 1.82. The van der Waals surface area contributed by atoms with Crippen molar-refractivity contribution >= 4 is 52.8 Å². The van der Waals surface area contributed by atoms with Crippen molar-refractivity contribution in [3.05, 3.63) is 74.5 Å². The number of nitrogens with zero attached hydrogens (tertiary/aromatic N) is 4. The van der Waals surface area contributed by atoms with Crippen LogP contribution in [0, 0.1) is 0 Å². The first-order valence-corrected chi connectivity index (χ1v) is 10.5.